The zero-order chi connectivity index (χ0) is 18.6. The van der Waals surface area contributed by atoms with Gasteiger partial charge in [0, 0.05) is 43.6 Å². The van der Waals surface area contributed by atoms with E-state index in [0.717, 1.165) is 47.8 Å². The molecule has 7 nitrogen and oxygen atoms in total. The highest BCUT2D eigenvalue weighted by Gasteiger charge is 2.29. The fourth-order valence-corrected chi connectivity index (χ4v) is 3.58. The van der Waals surface area contributed by atoms with Crippen molar-refractivity contribution < 1.29 is 4.74 Å². The van der Waals surface area contributed by atoms with Crippen LogP contribution in [0.15, 0.2) is 48.9 Å². The van der Waals surface area contributed by atoms with Crippen LogP contribution in [0, 0.1) is 0 Å². The van der Waals surface area contributed by atoms with Crippen molar-refractivity contribution in [3.05, 3.63) is 54.7 Å². The molecule has 2 unspecified atom stereocenters. The Bertz CT molecular complexity index is 910. The van der Waals surface area contributed by atoms with Gasteiger partial charge in [-0.15, -0.1) is 17.0 Å². The third-order valence-electron chi connectivity index (χ3n) is 4.98. The minimum atomic E-state index is 0. The van der Waals surface area contributed by atoms with Gasteiger partial charge in [0.2, 0.25) is 0 Å². The number of hydrogen-bond acceptors (Lipinski definition) is 7. The predicted octanol–water partition coefficient (Wildman–Crippen LogP) is 3.02. The van der Waals surface area contributed by atoms with Gasteiger partial charge in [0.15, 0.2) is 0 Å². The maximum Gasteiger partial charge on any atom is 0.146 e. The zero-order valence-electron chi connectivity index (χ0n) is 16.0. The number of halogens is 1. The molecule has 3 aromatic rings. The van der Waals surface area contributed by atoms with E-state index in [9.17, 15) is 0 Å². The standard InChI is InChI=1S/C20H24N6O.BrH/c1-14(26-11-10-21-13-18(26)20-22-7-3-8-23-20)25-19-17-5-4-16(27-2)12-15(17)6-9-24-19;/h3-9,12,14,18,21H,10-11,13H2,1-2H3,(H,24,25);1H. The zero-order valence-corrected chi connectivity index (χ0v) is 17.7. The summed E-state index contributed by atoms with van der Waals surface area (Å²) in [5.74, 6) is 2.55. The maximum atomic E-state index is 5.33. The number of ether oxygens (including phenoxy) is 1. The highest BCUT2D eigenvalue weighted by Crippen LogP contribution is 2.27. The summed E-state index contributed by atoms with van der Waals surface area (Å²) in [5.41, 5.74) is 0. The Labute approximate surface area is 175 Å². The van der Waals surface area contributed by atoms with Crippen LogP contribution < -0.4 is 15.4 Å². The molecule has 1 aromatic carbocycles. The molecule has 8 heteroatoms. The van der Waals surface area contributed by atoms with E-state index in [1.807, 2.05) is 36.5 Å². The molecule has 0 aliphatic carbocycles. The lowest BCUT2D eigenvalue weighted by Crippen LogP contribution is -2.52. The maximum absolute atomic E-state index is 5.33. The molecule has 0 spiro atoms. The number of aromatic nitrogens is 3. The van der Waals surface area contributed by atoms with Gasteiger partial charge in [0.1, 0.15) is 17.4 Å². The quantitative estimate of drug-likeness (QED) is 0.626. The summed E-state index contributed by atoms with van der Waals surface area (Å²) in [6.45, 7) is 4.84. The van der Waals surface area contributed by atoms with Gasteiger partial charge < -0.3 is 15.4 Å². The number of hydrogen-bond donors (Lipinski definition) is 2. The Morgan fingerprint density at radius 1 is 1.18 bits per heavy atom. The molecule has 0 saturated carbocycles. The first kappa shape index (κ1) is 20.4. The number of nitrogens with zero attached hydrogens (tertiary/aromatic N) is 4. The van der Waals surface area contributed by atoms with Crippen molar-refractivity contribution in [2.75, 3.05) is 32.1 Å². The van der Waals surface area contributed by atoms with Gasteiger partial charge in [-0.2, -0.15) is 0 Å². The van der Waals surface area contributed by atoms with Crippen molar-refractivity contribution in [2.45, 2.75) is 19.1 Å². The molecule has 1 saturated heterocycles. The Hall–Kier alpha value is -2.29. The highest BCUT2D eigenvalue weighted by molar-refractivity contribution is 8.93. The molecule has 0 amide bonds. The van der Waals surface area contributed by atoms with Crippen molar-refractivity contribution in [2.24, 2.45) is 0 Å². The third-order valence-corrected chi connectivity index (χ3v) is 4.98. The molecular weight excluding hydrogens is 420 g/mol. The molecule has 1 fully saturated rings. The minimum Gasteiger partial charge on any atom is -0.497 e. The summed E-state index contributed by atoms with van der Waals surface area (Å²) in [7, 11) is 1.68. The van der Waals surface area contributed by atoms with Crippen LogP contribution in [-0.4, -0.2) is 52.8 Å². The van der Waals surface area contributed by atoms with Crippen molar-refractivity contribution >= 4 is 33.6 Å². The van der Waals surface area contributed by atoms with E-state index < -0.39 is 0 Å². The molecule has 1 aliphatic heterocycles. The molecule has 2 atom stereocenters. The van der Waals surface area contributed by atoms with Gasteiger partial charge in [-0.1, -0.05) is 0 Å². The van der Waals surface area contributed by atoms with E-state index in [1.54, 1.807) is 19.5 Å². The van der Waals surface area contributed by atoms with Crippen molar-refractivity contribution in [3.63, 3.8) is 0 Å². The lowest BCUT2D eigenvalue weighted by Gasteiger charge is -2.39. The Balaban J connectivity index is 0.00000225. The fourth-order valence-electron chi connectivity index (χ4n) is 3.58. The topological polar surface area (TPSA) is 75.2 Å². The Morgan fingerprint density at radius 2 is 2.00 bits per heavy atom. The van der Waals surface area contributed by atoms with E-state index in [4.69, 9.17) is 4.74 Å². The van der Waals surface area contributed by atoms with Crippen LogP contribution in [0.25, 0.3) is 10.8 Å². The van der Waals surface area contributed by atoms with Crippen LogP contribution in [0.1, 0.15) is 18.8 Å². The summed E-state index contributed by atoms with van der Waals surface area (Å²) in [6, 6.07) is 10.0. The summed E-state index contributed by atoms with van der Waals surface area (Å²) < 4.78 is 5.33. The van der Waals surface area contributed by atoms with Crippen LogP contribution in [0.5, 0.6) is 5.75 Å². The number of methoxy groups -OCH3 is 1. The Kier molecular flexibility index (Phi) is 6.77. The molecule has 3 heterocycles. The van der Waals surface area contributed by atoms with Crippen molar-refractivity contribution in [1.29, 1.82) is 0 Å². The first-order valence-electron chi connectivity index (χ1n) is 9.19. The monoisotopic (exact) mass is 444 g/mol. The smallest absolute Gasteiger partial charge is 0.146 e. The minimum absolute atomic E-state index is 0. The second kappa shape index (κ2) is 9.27. The van der Waals surface area contributed by atoms with Crippen LogP contribution in [-0.2, 0) is 0 Å². The average molecular weight is 445 g/mol. The molecule has 2 N–H and O–H groups in total. The number of nitrogens with one attached hydrogen (secondary N) is 2. The molecule has 1 aliphatic rings. The summed E-state index contributed by atoms with van der Waals surface area (Å²) >= 11 is 0. The molecule has 0 radical (unpaired) electrons. The number of anilines is 1. The molecule has 4 rings (SSSR count). The van der Waals surface area contributed by atoms with Crippen molar-refractivity contribution in [3.8, 4) is 5.75 Å². The predicted molar refractivity (Wildman–Crippen MR) is 116 cm³/mol. The van der Waals surface area contributed by atoms with Gasteiger partial charge in [0.05, 0.1) is 19.3 Å². The molecular formula is C20H25BrN6O. The summed E-state index contributed by atoms with van der Waals surface area (Å²) in [4.78, 5) is 15.9. The second-order valence-corrected chi connectivity index (χ2v) is 6.63. The number of benzene rings is 1. The summed E-state index contributed by atoms with van der Waals surface area (Å²) in [6.07, 6.45) is 5.51. The first-order chi connectivity index (χ1) is 13.3. The van der Waals surface area contributed by atoms with Gasteiger partial charge in [-0.3, -0.25) is 4.90 Å². The number of pyridine rings is 1. The number of piperazine rings is 1. The first-order valence-corrected chi connectivity index (χ1v) is 9.19. The van der Waals surface area contributed by atoms with Gasteiger partial charge in [-0.05, 0) is 42.6 Å². The van der Waals surface area contributed by atoms with E-state index in [1.165, 1.54) is 0 Å². The average Bonchev–Trinajstić information content (AvgIpc) is 2.74. The Morgan fingerprint density at radius 3 is 2.79 bits per heavy atom. The van der Waals surface area contributed by atoms with Crippen LogP contribution in [0.3, 0.4) is 0 Å². The summed E-state index contributed by atoms with van der Waals surface area (Å²) in [5, 5.41) is 9.20. The molecule has 28 heavy (non-hydrogen) atoms. The highest BCUT2D eigenvalue weighted by atomic mass is 79.9. The van der Waals surface area contributed by atoms with E-state index in [2.05, 4.69) is 37.4 Å². The lowest BCUT2D eigenvalue weighted by molar-refractivity contribution is 0.122. The third kappa shape index (κ3) is 4.24. The lowest BCUT2D eigenvalue weighted by atomic mass is 10.1. The van der Waals surface area contributed by atoms with E-state index in [-0.39, 0.29) is 29.2 Å². The second-order valence-electron chi connectivity index (χ2n) is 6.63. The van der Waals surface area contributed by atoms with Crippen molar-refractivity contribution in [1.82, 2.24) is 25.2 Å². The van der Waals surface area contributed by atoms with Gasteiger partial charge in [0.25, 0.3) is 0 Å². The van der Waals surface area contributed by atoms with Crippen LogP contribution in [0.2, 0.25) is 0 Å². The normalized spacial score (nSPS) is 18.3. The van der Waals surface area contributed by atoms with E-state index >= 15 is 0 Å². The van der Waals surface area contributed by atoms with Gasteiger partial charge >= 0.3 is 0 Å². The van der Waals surface area contributed by atoms with Crippen LogP contribution in [0.4, 0.5) is 5.82 Å². The molecule has 0 bridgehead atoms. The molecule has 148 valence electrons. The van der Waals surface area contributed by atoms with Crippen LogP contribution >= 0.6 is 17.0 Å². The fraction of sp³-hybridized carbons (Fsp3) is 0.350. The largest absolute Gasteiger partial charge is 0.497 e. The molecule has 2 aromatic heterocycles. The number of fused-ring (bicyclic) bond motifs is 1. The van der Waals surface area contributed by atoms with E-state index in [0.29, 0.717) is 0 Å². The SMILES string of the molecule is Br.COc1ccc2c(NC(C)N3CCNCC3c3ncccn3)nccc2c1. The number of rotatable bonds is 5. The van der Waals surface area contributed by atoms with Gasteiger partial charge in [-0.25, -0.2) is 15.0 Å².